The molecule has 0 atom stereocenters. The Labute approximate surface area is 190 Å². The Morgan fingerprint density at radius 1 is 1.09 bits per heavy atom. The fraction of sp³-hybridized carbons (Fsp3) is 0.318. The Kier molecular flexibility index (Phi) is 6.63. The van der Waals surface area contributed by atoms with Crippen molar-refractivity contribution < 1.29 is 13.2 Å². The van der Waals surface area contributed by atoms with E-state index >= 15 is 0 Å². The molecule has 4 rings (SSSR count). The van der Waals surface area contributed by atoms with E-state index in [1.807, 2.05) is 0 Å². The van der Waals surface area contributed by atoms with Crippen LogP contribution in [0.15, 0.2) is 63.4 Å². The van der Waals surface area contributed by atoms with Crippen molar-refractivity contribution in [2.24, 2.45) is 7.05 Å². The summed E-state index contributed by atoms with van der Waals surface area (Å²) in [6, 6.07) is 13.4. The predicted octanol–water partition coefficient (Wildman–Crippen LogP) is 2.84. The molecule has 2 heterocycles. The predicted molar refractivity (Wildman–Crippen MR) is 125 cm³/mol. The minimum Gasteiger partial charge on any atom is -0.325 e. The molecule has 1 saturated heterocycles. The molecule has 0 aliphatic carbocycles. The maximum atomic E-state index is 12.9. The third kappa shape index (κ3) is 4.72. The maximum absolute atomic E-state index is 12.9. The lowest BCUT2D eigenvalue weighted by atomic mass is 10.2. The van der Waals surface area contributed by atoms with Gasteiger partial charge in [0.05, 0.1) is 21.6 Å². The molecule has 1 amide bonds. The first-order valence-corrected chi connectivity index (χ1v) is 12.8. The highest BCUT2D eigenvalue weighted by molar-refractivity contribution is 7.99. The summed E-state index contributed by atoms with van der Waals surface area (Å²) >= 11 is 1.15. The number of hydrogen-bond acceptors (Lipinski definition) is 6. The van der Waals surface area contributed by atoms with Gasteiger partial charge in [0.1, 0.15) is 0 Å². The fourth-order valence-electron chi connectivity index (χ4n) is 3.64. The summed E-state index contributed by atoms with van der Waals surface area (Å²) in [5, 5.41) is 3.70. The van der Waals surface area contributed by atoms with Crippen molar-refractivity contribution in [2.75, 3.05) is 24.2 Å². The van der Waals surface area contributed by atoms with Gasteiger partial charge in [-0.1, -0.05) is 36.4 Å². The number of nitrogens with one attached hydrogen (secondary N) is 1. The van der Waals surface area contributed by atoms with Gasteiger partial charge in [0.2, 0.25) is 15.9 Å². The fourth-order valence-corrected chi connectivity index (χ4v) is 5.98. The second-order valence-electron chi connectivity index (χ2n) is 7.61. The zero-order chi connectivity index (χ0) is 22.7. The molecule has 10 heteroatoms. The number of benzene rings is 2. The minimum absolute atomic E-state index is 0.0295. The molecule has 2 aromatic carbocycles. The molecule has 0 unspecified atom stereocenters. The molecule has 0 radical (unpaired) electrons. The topological polar surface area (TPSA) is 101 Å². The first kappa shape index (κ1) is 22.5. The number of aromatic nitrogens is 2. The van der Waals surface area contributed by atoms with E-state index in [2.05, 4.69) is 10.3 Å². The van der Waals surface area contributed by atoms with Crippen molar-refractivity contribution in [1.29, 1.82) is 0 Å². The molecule has 32 heavy (non-hydrogen) atoms. The van der Waals surface area contributed by atoms with Crippen LogP contribution in [0.3, 0.4) is 0 Å². The number of carbonyl (C=O) groups excluding carboxylic acids is 1. The van der Waals surface area contributed by atoms with Gasteiger partial charge >= 0.3 is 0 Å². The Balaban J connectivity index is 1.45. The zero-order valence-electron chi connectivity index (χ0n) is 17.7. The summed E-state index contributed by atoms with van der Waals surface area (Å²) < 4.78 is 28.7. The number of carbonyl (C=O) groups is 1. The second kappa shape index (κ2) is 9.43. The molecule has 0 spiro atoms. The van der Waals surface area contributed by atoms with Crippen molar-refractivity contribution in [1.82, 2.24) is 13.9 Å². The molecular formula is C22H24N4O4S2. The molecule has 0 saturated carbocycles. The summed E-state index contributed by atoms with van der Waals surface area (Å²) in [5.41, 5.74) is 0.817. The average molecular weight is 473 g/mol. The molecule has 168 valence electrons. The van der Waals surface area contributed by atoms with Crippen LogP contribution in [0, 0.1) is 0 Å². The summed E-state index contributed by atoms with van der Waals surface area (Å²) in [6.07, 6.45) is 2.76. The van der Waals surface area contributed by atoms with Crippen LogP contribution in [0.2, 0.25) is 0 Å². The number of thioether (sulfide) groups is 1. The van der Waals surface area contributed by atoms with E-state index in [0.717, 1.165) is 31.0 Å². The van der Waals surface area contributed by atoms with Gasteiger partial charge in [-0.25, -0.2) is 13.4 Å². The monoisotopic (exact) mass is 472 g/mol. The standard InChI is InChI=1S/C22H24N4O4S2/c1-25-21(28)18-10-3-4-11-19(18)24-22(25)31-15-20(27)23-16-8-7-9-17(14-16)32(29,30)26-12-5-2-6-13-26/h3-4,7-11,14H,2,5-6,12-13,15H2,1H3,(H,23,27). The number of piperidine rings is 1. The van der Waals surface area contributed by atoms with E-state index in [4.69, 9.17) is 0 Å². The molecule has 1 aliphatic heterocycles. The second-order valence-corrected chi connectivity index (χ2v) is 10.5. The molecule has 8 nitrogen and oxygen atoms in total. The van der Waals surface area contributed by atoms with E-state index in [-0.39, 0.29) is 22.1 Å². The lowest BCUT2D eigenvalue weighted by Gasteiger charge is -2.26. The number of para-hydroxylation sites is 1. The number of anilines is 1. The van der Waals surface area contributed by atoms with Gasteiger partial charge in [0.25, 0.3) is 5.56 Å². The lowest BCUT2D eigenvalue weighted by molar-refractivity contribution is -0.113. The van der Waals surface area contributed by atoms with E-state index in [0.29, 0.717) is 34.8 Å². The summed E-state index contributed by atoms with van der Waals surface area (Å²) in [5.74, 6) is -0.285. The third-order valence-electron chi connectivity index (χ3n) is 5.35. The zero-order valence-corrected chi connectivity index (χ0v) is 19.3. The van der Waals surface area contributed by atoms with Gasteiger partial charge in [0, 0.05) is 25.8 Å². The maximum Gasteiger partial charge on any atom is 0.261 e. The van der Waals surface area contributed by atoms with Crippen molar-refractivity contribution in [3.8, 4) is 0 Å². The van der Waals surface area contributed by atoms with Crippen molar-refractivity contribution in [2.45, 2.75) is 29.3 Å². The molecule has 0 bridgehead atoms. The number of fused-ring (bicyclic) bond motifs is 1. The van der Waals surface area contributed by atoms with Crippen LogP contribution in [0.5, 0.6) is 0 Å². The van der Waals surface area contributed by atoms with E-state index in [9.17, 15) is 18.0 Å². The highest BCUT2D eigenvalue weighted by Gasteiger charge is 2.26. The average Bonchev–Trinajstić information content (AvgIpc) is 2.81. The quantitative estimate of drug-likeness (QED) is 0.437. The highest BCUT2D eigenvalue weighted by atomic mass is 32.2. The summed E-state index contributed by atoms with van der Waals surface area (Å²) in [4.78, 5) is 29.6. The van der Waals surface area contributed by atoms with Gasteiger partial charge in [-0.15, -0.1) is 0 Å². The number of hydrogen-bond donors (Lipinski definition) is 1. The molecule has 1 N–H and O–H groups in total. The van der Waals surface area contributed by atoms with Crippen LogP contribution in [-0.4, -0.2) is 47.0 Å². The molecular weight excluding hydrogens is 448 g/mol. The van der Waals surface area contributed by atoms with Gasteiger partial charge in [-0.3, -0.25) is 14.2 Å². The lowest BCUT2D eigenvalue weighted by Crippen LogP contribution is -2.35. The smallest absolute Gasteiger partial charge is 0.261 e. The number of amides is 1. The normalized spacial score (nSPS) is 15.0. The van der Waals surface area contributed by atoms with Gasteiger partial charge in [0.15, 0.2) is 5.16 Å². The highest BCUT2D eigenvalue weighted by Crippen LogP contribution is 2.23. The van der Waals surface area contributed by atoms with E-state index < -0.39 is 10.0 Å². The Morgan fingerprint density at radius 3 is 2.62 bits per heavy atom. The largest absolute Gasteiger partial charge is 0.325 e. The van der Waals surface area contributed by atoms with Crippen molar-refractivity contribution >= 4 is 44.3 Å². The van der Waals surface area contributed by atoms with Gasteiger partial charge in [-0.05, 0) is 43.2 Å². The summed E-state index contributed by atoms with van der Waals surface area (Å²) in [6.45, 7) is 1.04. The van der Waals surface area contributed by atoms with Crippen LogP contribution in [0.4, 0.5) is 5.69 Å². The van der Waals surface area contributed by atoms with Crippen molar-refractivity contribution in [3.05, 3.63) is 58.9 Å². The van der Waals surface area contributed by atoms with Crippen LogP contribution in [0.25, 0.3) is 10.9 Å². The molecule has 1 aliphatic rings. The van der Waals surface area contributed by atoms with Gasteiger partial charge in [-0.2, -0.15) is 4.31 Å². The summed E-state index contributed by atoms with van der Waals surface area (Å²) in [7, 11) is -1.96. The van der Waals surface area contributed by atoms with Crippen LogP contribution in [-0.2, 0) is 21.9 Å². The number of rotatable bonds is 6. The Hall–Kier alpha value is -2.69. The van der Waals surface area contributed by atoms with Crippen LogP contribution in [0.1, 0.15) is 19.3 Å². The Morgan fingerprint density at radius 2 is 1.84 bits per heavy atom. The van der Waals surface area contributed by atoms with Crippen LogP contribution >= 0.6 is 11.8 Å². The van der Waals surface area contributed by atoms with Gasteiger partial charge < -0.3 is 5.32 Å². The molecule has 3 aromatic rings. The first-order valence-electron chi connectivity index (χ1n) is 10.3. The molecule has 1 fully saturated rings. The third-order valence-corrected chi connectivity index (χ3v) is 8.27. The SMILES string of the molecule is Cn1c(SCC(=O)Nc2cccc(S(=O)(=O)N3CCCCC3)c2)nc2ccccc2c1=O. The Bertz CT molecular complexity index is 1320. The molecule has 1 aromatic heterocycles. The van der Waals surface area contributed by atoms with Crippen LogP contribution < -0.4 is 10.9 Å². The van der Waals surface area contributed by atoms with E-state index in [1.54, 1.807) is 49.5 Å². The minimum atomic E-state index is -3.58. The number of sulfonamides is 1. The van der Waals surface area contributed by atoms with Crippen molar-refractivity contribution in [3.63, 3.8) is 0 Å². The number of nitrogens with zero attached hydrogens (tertiary/aromatic N) is 3. The first-order chi connectivity index (χ1) is 15.4. The van der Waals surface area contributed by atoms with E-state index in [1.165, 1.54) is 14.9 Å².